The molecule has 0 atom stereocenters. The molecule has 0 spiro atoms. The fraction of sp³-hybridized carbons (Fsp3) is 0. The van der Waals surface area contributed by atoms with Crippen molar-refractivity contribution < 1.29 is 23.2 Å². The quantitative estimate of drug-likeness (QED) is 0.717. The molecule has 0 aliphatic heterocycles. The van der Waals surface area contributed by atoms with E-state index in [1.165, 1.54) is 24.7 Å². The van der Waals surface area contributed by atoms with E-state index in [1.54, 1.807) is 0 Å². The fourth-order valence-electron chi connectivity index (χ4n) is 1.08. The summed E-state index contributed by atoms with van der Waals surface area (Å²) < 4.78 is 14.9. The van der Waals surface area contributed by atoms with Crippen LogP contribution in [0.4, 0.5) is 0 Å². The second-order valence-corrected chi connectivity index (χ2v) is 2.64. The number of hydrogen-bond acceptors (Lipinski definition) is 5. The molecule has 5 nitrogen and oxygen atoms in total. The van der Waals surface area contributed by atoms with E-state index in [9.17, 15) is 9.59 Å². The van der Waals surface area contributed by atoms with Crippen LogP contribution in [0.15, 0.2) is 33.5 Å². The zero-order chi connectivity index (χ0) is 10.7. The molecule has 0 radical (unpaired) electrons. The van der Waals surface area contributed by atoms with Gasteiger partial charge in [0, 0.05) is 12.1 Å². The van der Waals surface area contributed by atoms with Gasteiger partial charge in [-0.15, -0.1) is 0 Å². The highest BCUT2D eigenvalue weighted by Crippen LogP contribution is 2.27. The summed E-state index contributed by atoms with van der Waals surface area (Å²) in [6.45, 7) is 0. The van der Waals surface area contributed by atoms with Crippen molar-refractivity contribution in [1.82, 2.24) is 0 Å². The first kappa shape index (κ1) is 9.26. The van der Waals surface area contributed by atoms with Crippen LogP contribution in [0.5, 0.6) is 11.5 Å². The molecular weight excluding hydrogens is 200 g/mol. The summed E-state index contributed by atoms with van der Waals surface area (Å²) in [7, 11) is 0. The Labute approximate surface area is 84.2 Å². The summed E-state index contributed by atoms with van der Waals surface area (Å²) in [6.07, 6.45) is 3.69. The van der Waals surface area contributed by atoms with Crippen LogP contribution in [-0.4, -0.2) is 12.6 Å². The second-order valence-electron chi connectivity index (χ2n) is 2.64. The third-order valence-corrected chi connectivity index (χ3v) is 1.75. The number of hydrogen-bond donors (Lipinski definition) is 0. The molecule has 0 fully saturated rings. The Morgan fingerprint density at radius 1 is 0.933 bits per heavy atom. The normalized spacial score (nSPS) is 9.87. The summed E-state index contributed by atoms with van der Waals surface area (Å²) in [5.41, 5.74) is 0. The number of carbonyl (C=O) groups excluding carboxylic acids is 2. The third kappa shape index (κ3) is 1.67. The molecule has 2 aromatic rings. The van der Waals surface area contributed by atoms with Gasteiger partial charge in [-0.1, -0.05) is 0 Å². The highest BCUT2D eigenvalue weighted by atomic mass is 16.5. The van der Waals surface area contributed by atoms with Gasteiger partial charge in [-0.2, -0.15) is 0 Å². The van der Waals surface area contributed by atoms with Gasteiger partial charge >= 0.3 is 0 Å². The average Bonchev–Trinajstić information content (AvgIpc) is 2.87. The van der Waals surface area contributed by atoms with Crippen molar-refractivity contribution >= 4 is 12.6 Å². The molecule has 2 rings (SSSR count). The predicted octanol–water partition coefficient (Wildman–Crippen LogP) is 2.29. The summed E-state index contributed by atoms with van der Waals surface area (Å²) >= 11 is 0. The lowest BCUT2D eigenvalue weighted by atomic mass is 10.4. The van der Waals surface area contributed by atoms with E-state index < -0.39 is 0 Å². The van der Waals surface area contributed by atoms with Gasteiger partial charge in [-0.3, -0.25) is 9.59 Å². The second kappa shape index (κ2) is 3.83. The highest BCUT2D eigenvalue weighted by Gasteiger charge is 2.12. The lowest BCUT2D eigenvalue weighted by Gasteiger charge is -1.99. The predicted molar refractivity (Wildman–Crippen MR) is 48.3 cm³/mol. The lowest BCUT2D eigenvalue weighted by Crippen LogP contribution is -1.87. The topological polar surface area (TPSA) is 69.7 Å². The SMILES string of the molecule is O=Cc1occc1Oc1ccoc1C=O. The van der Waals surface area contributed by atoms with E-state index in [1.807, 2.05) is 0 Å². The summed E-state index contributed by atoms with van der Waals surface area (Å²) in [5, 5.41) is 0. The lowest BCUT2D eigenvalue weighted by molar-refractivity contribution is 0.109. The molecular formula is C10H6O5. The van der Waals surface area contributed by atoms with Gasteiger partial charge in [0.05, 0.1) is 12.5 Å². The molecule has 0 N–H and O–H groups in total. The van der Waals surface area contributed by atoms with Crippen molar-refractivity contribution in [2.45, 2.75) is 0 Å². The van der Waals surface area contributed by atoms with Crippen molar-refractivity contribution in [3.63, 3.8) is 0 Å². The third-order valence-electron chi connectivity index (χ3n) is 1.75. The maximum absolute atomic E-state index is 10.5. The first-order valence-corrected chi connectivity index (χ1v) is 4.08. The molecule has 0 aliphatic carbocycles. The average molecular weight is 206 g/mol. The van der Waals surface area contributed by atoms with Crippen LogP contribution in [-0.2, 0) is 0 Å². The van der Waals surface area contributed by atoms with Crippen LogP contribution in [0.25, 0.3) is 0 Å². The van der Waals surface area contributed by atoms with Gasteiger partial charge in [0.15, 0.2) is 24.1 Å². The van der Waals surface area contributed by atoms with E-state index in [0.717, 1.165) is 0 Å². The summed E-state index contributed by atoms with van der Waals surface area (Å²) in [4.78, 5) is 21.0. The van der Waals surface area contributed by atoms with Crippen LogP contribution in [0.1, 0.15) is 21.1 Å². The Bertz CT molecular complexity index is 435. The molecule has 15 heavy (non-hydrogen) atoms. The minimum absolute atomic E-state index is 0.0630. The van der Waals surface area contributed by atoms with Gasteiger partial charge in [0.2, 0.25) is 11.5 Å². The van der Waals surface area contributed by atoms with Gasteiger partial charge in [0.25, 0.3) is 0 Å². The molecule has 76 valence electrons. The highest BCUT2D eigenvalue weighted by molar-refractivity contribution is 5.77. The van der Waals surface area contributed by atoms with Crippen LogP contribution in [0.3, 0.4) is 0 Å². The number of carbonyl (C=O) groups is 2. The number of furan rings is 2. The van der Waals surface area contributed by atoms with Gasteiger partial charge < -0.3 is 13.6 Å². The van der Waals surface area contributed by atoms with Crippen molar-refractivity contribution in [1.29, 1.82) is 0 Å². The minimum atomic E-state index is 0.0630. The Hall–Kier alpha value is -2.30. The van der Waals surface area contributed by atoms with Gasteiger partial charge in [-0.05, 0) is 0 Å². The van der Waals surface area contributed by atoms with E-state index in [-0.39, 0.29) is 23.0 Å². The van der Waals surface area contributed by atoms with Gasteiger partial charge in [0.1, 0.15) is 0 Å². The molecule has 0 amide bonds. The van der Waals surface area contributed by atoms with Crippen molar-refractivity contribution in [2.24, 2.45) is 0 Å². The minimum Gasteiger partial charge on any atom is -0.457 e. The van der Waals surface area contributed by atoms with Crippen molar-refractivity contribution in [2.75, 3.05) is 0 Å². The maximum Gasteiger partial charge on any atom is 0.208 e. The molecule has 0 aromatic carbocycles. The van der Waals surface area contributed by atoms with Crippen molar-refractivity contribution in [3.8, 4) is 11.5 Å². The molecule has 0 bridgehead atoms. The van der Waals surface area contributed by atoms with E-state index in [0.29, 0.717) is 12.6 Å². The summed E-state index contributed by atoms with van der Waals surface area (Å²) in [5.74, 6) is 0.616. The smallest absolute Gasteiger partial charge is 0.208 e. The van der Waals surface area contributed by atoms with Crippen LogP contribution in [0, 0.1) is 0 Å². The standard InChI is InChI=1S/C10H6O5/c11-5-9-7(1-3-13-9)15-8-2-4-14-10(8)6-12/h1-6H. The van der Waals surface area contributed by atoms with E-state index in [4.69, 9.17) is 13.6 Å². The molecule has 0 aliphatic rings. The molecule has 0 saturated heterocycles. The van der Waals surface area contributed by atoms with E-state index >= 15 is 0 Å². The molecule has 5 heteroatoms. The zero-order valence-electron chi connectivity index (χ0n) is 7.51. The molecule has 2 aromatic heterocycles. The molecule has 0 saturated carbocycles. The Kier molecular flexibility index (Phi) is 2.37. The van der Waals surface area contributed by atoms with Crippen LogP contribution >= 0.6 is 0 Å². The fourth-order valence-corrected chi connectivity index (χ4v) is 1.08. The Morgan fingerprint density at radius 2 is 1.40 bits per heavy atom. The Morgan fingerprint density at radius 3 is 1.80 bits per heavy atom. The monoisotopic (exact) mass is 206 g/mol. The maximum atomic E-state index is 10.5. The van der Waals surface area contributed by atoms with Gasteiger partial charge in [-0.25, -0.2) is 0 Å². The first-order chi connectivity index (χ1) is 7.35. The number of aldehydes is 2. The Balaban J connectivity index is 2.29. The zero-order valence-corrected chi connectivity index (χ0v) is 7.51. The van der Waals surface area contributed by atoms with Crippen LogP contribution in [0.2, 0.25) is 0 Å². The molecule has 0 unspecified atom stereocenters. The van der Waals surface area contributed by atoms with Crippen LogP contribution < -0.4 is 4.74 Å². The van der Waals surface area contributed by atoms with Crippen molar-refractivity contribution in [3.05, 3.63) is 36.2 Å². The summed E-state index contributed by atoms with van der Waals surface area (Å²) in [6, 6.07) is 2.95. The number of ether oxygens (including phenoxy) is 1. The first-order valence-electron chi connectivity index (χ1n) is 4.08. The largest absolute Gasteiger partial charge is 0.457 e. The molecule has 2 heterocycles. The number of rotatable bonds is 4. The van der Waals surface area contributed by atoms with E-state index in [2.05, 4.69) is 0 Å².